The molecule has 0 amide bonds. The lowest BCUT2D eigenvalue weighted by molar-refractivity contribution is 1.04. The van der Waals surface area contributed by atoms with Gasteiger partial charge < -0.3 is 5.32 Å². The van der Waals surface area contributed by atoms with Gasteiger partial charge in [-0.3, -0.25) is 5.10 Å². The smallest absolute Gasteiger partial charge is 0.159 e. The molecular formula is C15H15N5. The maximum absolute atomic E-state index is 4.37. The number of nitrogens with zero attached hydrogens (tertiary/aromatic N) is 3. The molecular weight excluding hydrogens is 250 g/mol. The van der Waals surface area contributed by atoms with E-state index in [0.717, 1.165) is 28.3 Å². The van der Waals surface area contributed by atoms with E-state index in [2.05, 4.69) is 25.5 Å². The summed E-state index contributed by atoms with van der Waals surface area (Å²) >= 11 is 0. The van der Waals surface area contributed by atoms with E-state index in [1.54, 1.807) is 12.4 Å². The first-order valence-electron chi connectivity index (χ1n) is 6.43. The largest absolute Gasteiger partial charge is 0.378 e. The van der Waals surface area contributed by atoms with Gasteiger partial charge in [-0.2, -0.15) is 5.10 Å². The zero-order valence-electron chi connectivity index (χ0n) is 11.2. The number of nitrogens with one attached hydrogen (secondary N) is 2. The van der Waals surface area contributed by atoms with Crippen molar-refractivity contribution in [3.63, 3.8) is 0 Å². The predicted octanol–water partition coefficient (Wildman–Crippen LogP) is 2.79. The highest BCUT2D eigenvalue weighted by molar-refractivity contribution is 5.55. The monoisotopic (exact) mass is 265 g/mol. The van der Waals surface area contributed by atoms with E-state index in [0.29, 0.717) is 6.54 Å². The lowest BCUT2D eigenvalue weighted by Gasteiger charge is -2.06. The molecule has 0 aliphatic heterocycles. The van der Waals surface area contributed by atoms with E-state index in [9.17, 15) is 0 Å². The van der Waals surface area contributed by atoms with Crippen molar-refractivity contribution in [2.75, 3.05) is 5.32 Å². The molecule has 0 saturated heterocycles. The average molecular weight is 265 g/mol. The van der Waals surface area contributed by atoms with Crippen LogP contribution in [0.5, 0.6) is 0 Å². The fraction of sp³-hybridized carbons (Fsp3) is 0.133. The lowest BCUT2D eigenvalue weighted by atomic mass is 10.2. The molecule has 2 heterocycles. The first kappa shape index (κ1) is 12.3. The minimum Gasteiger partial charge on any atom is -0.378 e. The highest BCUT2D eigenvalue weighted by atomic mass is 15.1. The summed E-state index contributed by atoms with van der Waals surface area (Å²) in [4.78, 5) is 8.75. The predicted molar refractivity (Wildman–Crippen MR) is 78.1 cm³/mol. The van der Waals surface area contributed by atoms with Crippen molar-refractivity contribution in [1.82, 2.24) is 20.2 Å². The molecule has 0 saturated carbocycles. The first-order chi connectivity index (χ1) is 9.83. The molecule has 1 aromatic carbocycles. The van der Waals surface area contributed by atoms with Gasteiger partial charge in [-0.15, -0.1) is 0 Å². The van der Waals surface area contributed by atoms with Crippen molar-refractivity contribution in [1.29, 1.82) is 0 Å². The maximum Gasteiger partial charge on any atom is 0.159 e. The van der Waals surface area contributed by atoms with Gasteiger partial charge >= 0.3 is 0 Å². The maximum atomic E-state index is 4.37. The molecule has 3 rings (SSSR count). The highest BCUT2D eigenvalue weighted by Crippen LogP contribution is 2.15. The summed E-state index contributed by atoms with van der Waals surface area (Å²) in [6.07, 6.45) is 5.41. The normalized spacial score (nSPS) is 10.4. The van der Waals surface area contributed by atoms with Crippen molar-refractivity contribution < 1.29 is 0 Å². The first-order valence-corrected chi connectivity index (χ1v) is 6.43. The molecule has 0 fully saturated rings. The quantitative estimate of drug-likeness (QED) is 0.761. The van der Waals surface area contributed by atoms with Crippen LogP contribution >= 0.6 is 0 Å². The molecule has 100 valence electrons. The summed E-state index contributed by atoms with van der Waals surface area (Å²) in [7, 11) is 0. The number of hydrogen-bond donors (Lipinski definition) is 2. The molecule has 2 aromatic heterocycles. The Balaban J connectivity index is 1.69. The number of benzene rings is 1. The number of aromatic nitrogens is 4. The van der Waals surface area contributed by atoms with Crippen molar-refractivity contribution in [2.24, 2.45) is 0 Å². The fourth-order valence-electron chi connectivity index (χ4n) is 1.91. The molecule has 20 heavy (non-hydrogen) atoms. The SMILES string of the molecule is Cc1[nH]ncc1CNc1cnc(-c2ccccc2)nc1. The minimum absolute atomic E-state index is 0.705. The van der Waals surface area contributed by atoms with Gasteiger partial charge in [0.25, 0.3) is 0 Å². The van der Waals surface area contributed by atoms with Crippen LogP contribution in [0.2, 0.25) is 0 Å². The molecule has 0 aliphatic rings. The van der Waals surface area contributed by atoms with Gasteiger partial charge in [0.1, 0.15) is 0 Å². The Kier molecular flexibility index (Phi) is 3.41. The standard InChI is InChI=1S/C15H15N5/c1-11-13(8-19-20-11)7-16-14-9-17-15(18-10-14)12-5-3-2-4-6-12/h2-6,8-10,16H,7H2,1H3,(H,19,20). The third-order valence-electron chi connectivity index (χ3n) is 3.10. The van der Waals surface area contributed by atoms with E-state index in [4.69, 9.17) is 0 Å². The van der Waals surface area contributed by atoms with Crippen molar-refractivity contribution in [2.45, 2.75) is 13.5 Å². The van der Waals surface area contributed by atoms with Crippen LogP contribution in [0.4, 0.5) is 5.69 Å². The van der Waals surface area contributed by atoms with Gasteiger partial charge in [-0.05, 0) is 6.92 Å². The van der Waals surface area contributed by atoms with Gasteiger partial charge in [0, 0.05) is 23.4 Å². The molecule has 0 radical (unpaired) electrons. The molecule has 0 bridgehead atoms. The second-order valence-corrected chi connectivity index (χ2v) is 4.54. The fourth-order valence-corrected chi connectivity index (χ4v) is 1.91. The van der Waals surface area contributed by atoms with Gasteiger partial charge in [-0.25, -0.2) is 9.97 Å². The molecule has 5 nitrogen and oxygen atoms in total. The molecule has 0 aliphatic carbocycles. The third-order valence-corrected chi connectivity index (χ3v) is 3.10. The van der Waals surface area contributed by atoms with Crippen molar-refractivity contribution >= 4 is 5.69 Å². The zero-order chi connectivity index (χ0) is 13.8. The van der Waals surface area contributed by atoms with Crippen LogP contribution in [0.1, 0.15) is 11.3 Å². The van der Waals surface area contributed by atoms with Gasteiger partial charge in [0.05, 0.1) is 24.3 Å². The highest BCUT2D eigenvalue weighted by Gasteiger charge is 2.02. The Labute approximate surface area is 117 Å². The molecule has 2 N–H and O–H groups in total. The lowest BCUT2D eigenvalue weighted by Crippen LogP contribution is -2.01. The van der Waals surface area contributed by atoms with E-state index < -0.39 is 0 Å². The number of aryl methyl sites for hydroxylation is 1. The summed E-state index contributed by atoms with van der Waals surface area (Å²) in [5.41, 5.74) is 4.12. The van der Waals surface area contributed by atoms with Crippen LogP contribution in [-0.2, 0) is 6.54 Å². The summed E-state index contributed by atoms with van der Waals surface area (Å²) in [5, 5.41) is 10.2. The molecule has 0 atom stereocenters. The summed E-state index contributed by atoms with van der Waals surface area (Å²) in [5.74, 6) is 0.732. The van der Waals surface area contributed by atoms with E-state index >= 15 is 0 Å². The summed E-state index contributed by atoms with van der Waals surface area (Å²) in [6.45, 7) is 2.70. The Hall–Kier alpha value is -2.69. The van der Waals surface area contributed by atoms with Crippen LogP contribution in [0.25, 0.3) is 11.4 Å². The number of hydrogen-bond acceptors (Lipinski definition) is 4. The van der Waals surface area contributed by atoms with Crippen LogP contribution < -0.4 is 5.32 Å². The number of aromatic amines is 1. The second kappa shape index (κ2) is 5.52. The summed E-state index contributed by atoms with van der Waals surface area (Å²) in [6, 6.07) is 9.93. The Morgan fingerprint density at radius 3 is 2.45 bits per heavy atom. The van der Waals surface area contributed by atoms with Crippen LogP contribution in [0, 0.1) is 6.92 Å². The Morgan fingerprint density at radius 1 is 1.05 bits per heavy atom. The molecule has 5 heteroatoms. The Morgan fingerprint density at radius 2 is 1.80 bits per heavy atom. The van der Waals surface area contributed by atoms with E-state index in [-0.39, 0.29) is 0 Å². The van der Waals surface area contributed by atoms with Crippen LogP contribution in [0.15, 0.2) is 48.9 Å². The van der Waals surface area contributed by atoms with Crippen LogP contribution in [-0.4, -0.2) is 20.2 Å². The van der Waals surface area contributed by atoms with Crippen molar-refractivity contribution in [3.05, 3.63) is 60.2 Å². The number of H-pyrrole nitrogens is 1. The molecule has 0 unspecified atom stereocenters. The topological polar surface area (TPSA) is 66.5 Å². The third kappa shape index (κ3) is 2.66. The number of rotatable bonds is 4. The van der Waals surface area contributed by atoms with Crippen molar-refractivity contribution in [3.8, 4) is 11.4 Å². The zero-order valence-corrected chi connectivity index (χ0v) is 11.2. The van der Waals surface area contributed by atoms with E-state index in [1.807, 2.05) is 43.5 Å². The number of anilines is 1. The van der Waals surface area contributed by atoms with Crippen LogP contribution in [0.3, 0.4) is 0 Å². The Bertz CT molecular complexity index is 673. The van der Waals surface area contributed by atoms with Gasteiger partial charge in [-0.1, -0.05) is 30.3 Å². The van der Waals surface area contributed by atoms with Gasteiger partial charge in [0.2, 0.25) is 0 Å². The molecule has 0 spiro atoms. The average Bonchev–Trinajstić information content (AvgIpc) is 2.92. The molecule has 3 aromatic rings. The van der Waals surface area contributed by atoms with E-state index in [1.165, 1.54) is 0 Å². The minimum atomic E-state index is 0.705. The summed E-state index contributed by atoms with van der Waals surface area (Å²) < 4.78 is 0. The second-order valence-electron chi connectivity index (χ2n) is 4.54. The van der Waals surface area contributed by atoms with Gasteiger partial charge in [0.15, 0.2) is 5.82 Å².